The minimum absolute atomic E-state index is 0.130. The number of amides is 1. The van der Waals surface area contributed by atoms with Crippen LogP contribution in [0.25, 0.3) is 0 Å². The average molecular weight is 318 g/mol. The van der Waals surface area contributed by atoms with Gasteiger partial charge in [0, 0.05) is 26.2 Å². The van der Waals surface area contributed by atoms with Crippen LogP contribution in [0.2, 0.25) is 0 Å². The van der Waals surface area contributed by atoms with E-state index in [1.807, 2.05) is 7.05 Å². The van der Waals surface area contributed by atoms with Gasteiger partial charge < -0.3 is 14.9 Å². The maximum absolute atomic E-state index is 12.1. The van der Waals surface area contributed by atoms with E-state index in [4.69, 9.17) is 5.11 Å². The largest absolute Gasteiger partial charge is 0.481 e. The zero-order chi connectivity index (χ0) is 15.7. The van der Waals surface area contributed by atoms with Gasteiger partial charge in [-0.25, -0.2) is 8.42 Å². The zero-order valence-corrected chi connectivity index (χ0v) is 13.1. The van der Waals surface area contributed by atoms with Gasteiger partial charge in [-0.1, -0.05) is 0 Å². The Morgan fingerprint density at radius 2 is 1.71 bits per heavy atom. The Balaban J connectivity index is 1.89. The van der Waals surface area contributed by atoms with Crippen LogP contribution in [0.1, 0.15) is 19.3 Å². The molecule has 2 rings (SSSR count). The first-order chi connectivity index (χ1) is 9.71. The van der Waals surface area contributed by atoms with Crippen molar-refractivity contribution >= 4 is 21.7 Å². The van der Waals surface area contributed by atoms with Crippen molar-refractivity contribution in [3.8, 4) is 0 Å². The summed E-state index contributed by atoms with van der Waals surface area (Å²) in [5, 5.41) is 8.82. The van der Waals surface area contributed by atoms with E-state index in [0.717, 1.165) is 13.1 Å². The summed E-state index contributed by atoms with van der Waals surface area (Å²) in [6, 6.07) is 0. The van der Waals surface area contributed by atoms with Gasteiger partial charge in [-0.2, -0.15) is 0 Å². The molecule has 1 aliphatic heterocycles. The van der Waals surface area contributed by atoms with Gasteiger partial charge >= 0.3 is 5.97 Å². The molecule has 7 nitrogen and oxygen atoms in total. The van der Waals surface area contributed by atoms with Crippen LogP contribution in [0, 0.1) is 5.41 Å². The number of rotatable bonds is 6. The van der Waals surface area contributed by atoms with Crippen LogP contribution in [0.5, 0.6) is 0 Å². The van der Waals surface area contributed by atoms with Crippen LogP contribution < -0.4 is 0 Å². The zero-order valence-electron chi connectivity index (χ0n) is 12.2. The second-order valence-electron chi connectivity index (χ2n) is 6.29. The lowest BCUT2D eigenvalue weighted by Crippen LogP contribution is -2.49. The third kappa shape index (κ3) is 4.67. The topological polar surface area (TPSA) is 95.0 Å². The predicted octanol–water partition coefficient (Wildman–Crippen LogP) is -0.570. The molecule has 1 N–H and O–H groups in total. The van der Waals surface area contributed by atoms with E-state index in [1.165, 1.54) is 0 Å². The molecular formula is C13H22N2O5S. The average Bonchev–Trinajstić information content (AvgIpc) is 3.06. The number of piperazine rings is 1. The highest BCUT2D eigenvalue weighted by molar-refractivity contribution is 7.92. The lowest BCUT2D eigenvalue weighted by molar-refractivity contribution is -0.138. The molecule has 0 aromatic rings. The fraction of sp³-hybridized carbons (Fsp3) is 0.846. The Morgan fingerprint density at radius 3 is 2.19 bits per heavy atom. The van der Waals surface area contributed by atoms with Crippen LogP contribution in [0.15, 0.2) is 0 Å². The van der Waals surface area contributed by atoms with Gasteiger partial charge in [-0.3, -0.25) is 9.59 Å². The summed E-state index contributed by atoms with van der Waals surface area (Å²) in [5.41, 5.74) is -0.632. The Bertz CT molecular complexity index is 519. The van der Waals surface area contributed by atoms with E-state index >= 15 is 0 Å². The van der Waals surface area contributed by atoms with Crippen LogP contribution in [0.3, 0.4) is 0 Å². The van der Waals surface area contributed by atoms with E-state index in [-0.39, 0.29) is 18.1 Å². The van der Waals surface area contributed by atoms with Gasteiger partial charge in [-0.05, 0) is 25.3 Å². The Kier molecular flexibility index (Phi) is 4.57. The van der Waals surface area contributed by atoms with Gasteiger partial charge in [0.05, 0.1) is 12.2 Å². The van der Waals surface area contributed by atoms with Gasteiger partial charge in [0.2, 0.25) is 5.91 Å². The second-order valence-corrected chi connectivity index (χ2v) is 8.35. The number of carbonyl (C=O) groups excluding carboxylic acids is 1. The maximum Gasteiger partial charge on any atom is 0.303 e. The summed E-state index contributed by atoms with van der Waals surface area (Å²) in [5.74, 6) is -2.04. The molecule has 120 valence electrons. The molecule has 0 unspecified atom stereocenters. The molecule has 0 atom stereocenters. The molecule has 8 heteroatoms. The minimum atomic E-state index is -3.55. The Labute approximate surface area is 124 Å². The van der Waals surface area contributed by atoms with E-state index in [9.17, 15) is 18.0 Å². The van der Waals surface area contributed by atoms with Crippen LogP contribution >= 0.6 is 0 Å². The monoisotopic (exact) mass is 318 g/mol. The first kappa shape index (κ1) is 16.2. The van der Waals surface area contributed by atoms with Gasteiger partial charge in [0.25, 0.3) is 0 Å². The molecule has 1 saturated carbocycles. The molecule has 0 radical (unpaired) electrons. The normalized spacial score (nSPS) is 22.0. The molecule has 1 aliphatic carbocycles. The molecule has 21 heavy (non-hydrogen) atoms. The molecule has 2 fully saturated rings. The number of hydrogen-bond acceptors (Lipinski definition) is 5. The quantitative estimate of drug-likeness (QED) is 0.705. The lowest BCUT2D eigenvalue weighted by Gasteiger charge is -2.32. The third-order valence-electron chi connectivity index (χ3n) is 4.21. The molecular weight excluding hydrogens is 296 g/mol. The molecule has 1 amide bonds. The first-order valence-corrected chi connectivity index (χ1v) is 8.92. The smallest absolute Gasteiger partial charge is 0.303 e. The van der Waals surface area contributed by atoms with E-state index in [1.54, 1.807) is 4.90 Å². The van der Waals surface area contributed by atoms with E-state index in [2.05, 4.69) is 4.90 Å². The van der Waals surface area contributed by atoms with Crippen molar-refractivity contribution in [2.24, 2.45) is 5.41 Å². The summed E-state index contributed by atoms with van der Waals surface area (Å²) in [7, 11) is -1.59. The highest BCUT2D eigenvalue weighted by Crippen LogP contribution is 2.49. The van der Waals surface area contributed by atoms with Gasteiger partial charge in [0.15, 0.2) is 9.84 Å². The van der Waals surface area contributed by atoms with Crippen LogP contribution in [-0.2, 0) is 19.4 Å². The van der Waals surface area contributed by atoms with Crippen molar-refractivity contribution < 1.29 is 23.1 Å². The molecule has 1 heterocycles. The summed E-state index contributed by atoms with van der Waals surface area (Å²) >= 11 is 0. The third-order valence-corrected chi connectivity index (χ3v) is 5.95. The molecule has 0 spiro atoms. The molecule has 0 bridgehead atoms. The number of sulfone groups is 1. The van der Waals surface area contributed by atoms with Crippen molar-refractivity contribution in [3.05, 3.63) is 0 Å². The molecule has 2 aliphatic rings. The minimum Gasteiger partial charge on any atom is -0.481 e. The Hall–Kier alpha value is -1.15. The Morgan fingerprint density at radius 1 is 1.14 bits per heavy atom. The summed E-state index contributed by atoms with van der Waals surface area (Å²) in [6.45, 7) is 2.58. The van der Waals surface area contributed by atoms with Crippen molar-refractivity contribution in [2.75, 3.05) is 44.7 Å². The van der Waals surface area contributed by atoms with E-state index in [0.29, 0.717) is 25.9 Å². The standard InChI is InChI=1S/C13H22N2O5S/c1-14-4-6-15(7-5-14)11(16)9-21(19,20)10-13(2-3-13)8-12(17)18/h2-10H2,1H3,(H,17,18). The van der Waals surface area contributed by atoms with Crippen molar-refractivity contribution in [3.63, 3.8) is 0 Å². The van der Waals surface area contributed by atoms with Crippen molar-refractivity contribution in [1.82, 2.24) is 9.80 Å². The van der Waals surface area contributed by atoms with Crippen LogP contribution in [0.4, 0.5) is 0 Å². The van der Waals surface area contributed by atoms with Crippen molar-refractivity contribution in [1.29, 1.82) is 0 Å². The van der Waals surface area contributed by atoms with Crippen molar-refractivity contribution in [2.45, 2.75) is 19.3 Å². The number of carboxylic acid groups (broad SMARTS) is 1. The molecule has 1 saturated heterocycles. The number of carboxylic acids is 1. The van der Waals surface area contributed by atoms with Gasteiger partial charge in [-0.15, -0.1) is 0 Å². The number of nitrogens with zero attached hydrogens (tertiary/aromatic N) is 2. The van der Waals surface area contributed by atoms with Crippen LogP contribution in [-0.4, -0.2) is 79.9 Å². The number of hydrogen-bond donors (Lipinski definition) is 1. The highest BCUT2D eigenvalue weighted by Gasteiger charge is 2.48. The van der Waals surface area contributed by atoms with Gasteiger partial charge in [0.1, 0.15) is 5.75 Å². The fourth-order valence-corrected chi connectivity index (χ4v) is 4.71. The SMILES string of the molecule is CN1CCN(C(=O)CS(=O)(=O)CC2(CC(=O)O)CC2)CC1. The fourth-order valence-electron chi connectivity index (χ4n) is 2.72. The number of likely N-dealkylation sites (N-methyl/N-ethyl adjacent to an activating group) is 1. The molecule has 0 aromatic carbocycles. The van der Waals surface area contributed by atoms with E-state index < -0.39 is 27.0 Å². The highest BCUT2D eigenvalue weighted by atomic mass is 32.2. The molecule has 0 aromatic heterocycles. The number of aliphatic carboxylic acids is 1. The summed E-state index contributed by atoms with van der Waals surface area (Å²) < 4.78 is 24.3. The first-order valence-electron chi connectivity index (χ1n) is 7.10. The second kappa shape index (κ2) is 5.92. The lowest BCUT2D eigenvalue weighted by atomic mass is 10.1. The summed E-state index contributed by atoms with van der Waals surface area (Å²) in [6.07, 6.45) is 1.09. The summed E-state index contributed by atoms with van der Waals surface area (Å²) in [4.78, 5) is 26.5. The number of carbonyl (C=O) groups is 2. The predicted molar refractivity (Wildman–Crippen MR) is 76.7 cm³/mol. The maximum atomic E-state index is 12.1.